The van der Waals surface area contributed by atoms with Gasteiger partial charge in [-0.25, -0.2) is 4.79 Å². The summed E-state index contributed by atoms with van der Waals surface area (Å²) in [6.45, 7) is 4.80. The highest BCUT2D eigenvalue weighted by atomic mass is 16.7. The molecule has 0 spiro atoms. The number of allylic oxidation sites excluding steroid dienone is 10. The molecule has 0 aliphatic carbocycles. The van der Waals surface area contributed by atoms with Gasteiger partial charge in [0.2, 0.25) is 0 Å². The average molecular weight is 1100 g/mol. The summed E-state index contributed by atoms with van der Waals surface area (Å²) in [6, 6.07) is 0. The van der Waals surface area contributed by atoms with Gasteiger partial charge in [-0.1, -0.05) is 274 Å². The third-order valence-electron chi connectivity index (χ3n) is 14.5. The van der Waals surface area contributed by atoms with Crippen LogP contribution < -0.4 is 0 Å². The molecule has 0 amide bonds. The number of esters is 2. The van der Waals surface area contributed by atoms with Crippen molar-refractivity contribution in [3.63, 3.8) is 0 Å². The number of nitrogens with zero attached hydrogens (tertiary/aromatic N) is 1. The first kappa shape index (κ1) is 75.0. The molecular weight excluding hydrogens is 971 g/mol. The first-order valence-electron chi connectivity index (χ1n) is 33.0. The van der Waals surface area contributed by atoms with Gasteiger partial charge in [0.25, 0.3) is 6.29 Å². The molecule has 0 aliphatic heterocycles. The number of hydrogen-bond donors (Lipinski definition) is 1. The zero-order valence-corrected chi connectivity index (χ0v) is 51.8. The Morgan fingerprint density at radius 3 is 1.10 bits per heavy atom. The van der Waals surface area contributed by atoms with Crippen LogP contribution in [0.25, 0.3) is 0 Å². The Kier molecular flexibility index (Phi) is 57.8. The summed E-state index contributed by atoms with van der Waals surface area (Å²) in [4.78, 5) is 37.5. The van der Waals surface area contributed by atoms with Crippen molar-refractivity contribution >= 4 is 17.9 Å². The quantitative estimate of drug-likeness (QED) is 0.0211. The van der Waals surface area contributed by atoms with Gasteiger partial charge in [0, 0.05) is 12.8 Å². The smallest absolute Gasteiger partial charge is 0.361 e. The number of likely N-dealkylation sites (N-methyl/N-ethyl adjacent to an activating group) is 1. The highest BCUT2D eigenvalue weighted by Crippen LogP contribution is 2.18. The summed E-state index contributed by atoms with van der Waals surface area (Å²) in [5.41, 5.74) is 0. The average Bonchev–Trinajstić information content (AvgIpc) is 3.41. The number of hydrogen-bond acceptors (Lipinski definition) is 7. The van der Waals surface area contributed by atoms with Gasteiger partial charge >= 0.3 is 17.9 Å². The van der Waals surface area contributed by atoms with Gasteiger partial charge in [-0.3, -0.25) is 9.59 Å². The van der Waals surface area contributed by atoms with Gasteiger partial charge in [-0.15, -0.1) is 0 Å². The van der Waals surface area contributed by atoms with Crippen LogP contribution in [0.15, 0.2) is 60.8 Å². The lowest BCUT2D eigenvalue weighted by molar-refractivity contribution is -0.870. The minimum atomic E-state index is -1.51. The monoisotopic (exact) mass is 1100 g/mol. The van der Waals surface area contributed by atoms with E-state index in [1.807, 2.05) is 21.1 Å². The Hall–Kier alpha value is -3.01. The summed E-state index contributed by atoms with van der Waals surface area (Å²) in [5.74, 6) is -1.99. The maximum absolute atomic E-state index is 12.9. The second kappa shape index (κ2) is 60.1. The molecule has 0 rings (SSSR count). The van der Waals surface area contributed by atoms with Crippen LogP contribution >= 0.6 is 0 Å². The second-order valence-electron chi connectivity index (χ2n) is 23.4. The molecule has 2 unspecified atom stereocenters. The van der Waals surface area contributed by atoms with Crippen molar-refractivity contribution in [1.82, 2.24) is 0 Å². The van der Waals surface area contributed by atoms with Crippen molar-refractivity contribution in [3.05, 3.63) is 60.8 Å². The molecule has 0 saturated heterocycles. The number of carbonyl (C=O) groups excluding carboxylic acids is 2. The van der Waals surface area contributed by atoms with Gasteiger partial charge < -0.3 is 28.5 Å². The molecule has 454 valence electrons. The molecule has 0 aliphatic rings. The summed E-state index contributed by atoms with van der Waals surface area (Å²) < 4.78 is 22.9. The molecule has 9 nitrogen and oxygen atoms in total. The topological polar surface area (TPSA) is 108 Å². The van der Waals surface area contributed by atoms with Gasteiger partial charge in [-0.05, 0) is 77.0 Å². The largest absolute Gasteiger partial charge is 0.477 e. The summed E-state index contributed by atoms with van der Waals surface area (Å²) >= 11 is 0. The lowest BCUT2D eigenvalue weighted by Crippen LogP contribution is -2.40. The molecule has 0 fully saturated rings. The zero-order valence-electron chi connectivity index (χ0n) is 51.8. The molecule has 0 aromatic carbocycles. The van der Waals surface area contributed by atoms with Crippen LogP contribution in [-0.2, 0) is 33.3 Å². The van der Waals surface area contributed by atoms with Crippen molar-refractivity contribution < 1.29 is 42.9 Å². The van der Waals surface area contributed by atoms with Gasteiger partial charge in [-0.2, -0.15) is 0 Å². The second-order valence-corrected chi connectivity index (χ2v) is 23.4. The van der Waals surface area contributed by atoms with Crippen molar-refractivity contribution in [2.24, 2.45) is 0 Å². The molecule has 2 atom stereocenters. The summed E-state index contributed by atoms with van der Waals surface area (Å²) in [6.07, 6.45) is 74.7. The van der Waals surface area contributed by atoms with E-state index in [4.69, 9.17) is 18.9 Å². The van der Waals surface area contributed by atoms with E-state index in [2.05, 4.69) is 74.6 Å². The Labute approximate surface area is 482 Å². The fourth-order valence-electron chi connectivity index (χ4n) is 9.47. The molecule has 9 heteroatoms. The minimum absolute atomic E-state index is 0.181. The van der Waals surface area contributed by atoms with Crippen LogP contribution in [0, 0.1) is 0 Å². The number of unbranched alkanes of at least 4 members (excludes halogenated alkanes) is 36. The van der Waals surface area contributed by atoms with E-state index in [0.717, 1.165) is 64.2 Å². The highest BCUT2D eigenvalue weighted by molar-refractivity contribution is 5.71. The first-order valence-corrected chi connectivity index (χ1v) is 33.0. The molecule has 0 saturated carbocycles. The highest BCUT2D eigenvalue weighted by Gasteiger charge is 2.25. The number of carbonyl (C=O) groups is 3. The Bertz CT molecular complexity index is 1460. The number of quaternary nitrogens is 1. The van der Waals surface area contributed by atoms with Crippen molar-refractivity contribution in [3.8, 4) is 0 Å². The Balaban J connectivity index is 4.05. The third-order valence-corrected chi connectivity index (χ3v) is 14.5. The lowest BCUT2D eigenvalue weighted by atomic mass is 10.0. The van der Waals surface area contributed by atoms with E-state index in [1.165, 1.54) is 212 Å². The first-order chi connectivity index (χ1) is 38.1. The minimum Gasteiger partial charge on any atom is -0.477 e. The number of carboxylic acid groups (broad SMARTS) is 1. The predicted molar refractivity (Wildman–Crippen MR) is 332 cm³/mol. The van der Waals surface area contributed by atoms with Crippen LogP contribution in [0.3, 0.4) is 0 Å². The zero-order chi connectivity index (χ0) is 56.9. The molecule has 0 aromatic heterocycles. The Morgan fingerprint density at radius 2 is 0.731 bits per heavy atom. The number of carboxylic acids is 1. The van der Waals surface area contributed by atoms with Crippen LogP contribution in [0.4, 0.5) is 0 Å². The van der Waals surface area contributed by atoms with Crippen LogP contribution in [0.1, 0.15) is 303 Å². The maximum Gasteiger partial charge on any atom is 0.361 e. The molecule has 0 bridgehead atoms. The molecular formula is C69H126NO8+. The normalized spacial score (nSPS) is 13.1. The van der Waals surface area contributed by atoms with E-state index >= 15 is 0 Å². The number of ether oxygens (including phenoxy) is 4. The van der Waals surface area contributed by atoms with Crippen molar-refractivity contribution in [2.75, 3.05) is 47.5 Å². The van der Waals surface area contributed by atoms with Crippen LogP contribution in [0.2, 0.25) is 0 Å². The predicted octanol–water partition coefficient (Wildman–Crippen LogP) is 20.0. The van der Waals surface area contributed by atoms with E-state index in [1.54, 1.807) is 0 Å². The molecule has 0 aromatic rings. The fraction of sp³-hybridized carbons (Fsp3) is 0.812. The van der Waals surface area contributed by atoms with E-state index in [0.29, 0.717) is 17.4 Å². The summed E-state index contributed by atoms with van der Waals surface area (Å²) in [7, 11) is 5.98. The van der Waals surface area contributed by atoms with Crippen molar-refractivity contribution in [1.29, 1.82) is 0 Å². The van der Waals surface area contributed by atoms with E-state index in [9.17, 15) is 19.5 Å². The van der Waals surface area contributed by atoms with E-state index in [-0.39, 0.29) is 32.2 Å². The molecule has 0 radical (unpaired) electrons. The summed E-state index contributed by atoms with van der Waals surface area (Å²) in [5, 5.41) is 9.72. The SMILES string of the molecule is CC/C=C\C/C=C\C/C=C\C/C=C\CCCCCCCCCCCCCCCCCCCCCCCCC(=O)OC(COC(=O)CCCCCCCCC/C=C\CCCCCCCCC)COC(OCC[N+](C)(C)C)C(=O)O. The molecule has 0 heterocycles. The van der Waals surface area contributed by atoms with Crippen molar-refractivity contribution in [2.45, 2.75) is 315 Å². The number of aliphatic carboxylic acids is 1. The third kappa shape index (κ3) is 60.6. The van der Waals surface area contributed by atoms with Crippen LogP contribution in [-0.4, -0.2) is 87.4 Å². The van der Waals surface area contributed by atoms with Gasteiger partial charge in [0.15, 0.2) is 6.10 Å². The van der Waals surface area contributed by atoms with E-state index < -0.39 is 24.3 Å². The van der Waals surface area contributed by atoms with Crippen LogP contribution in [0.5, 0.6) is 0 Å². The van der Waals surface area contributed by atoms with Gasteiger partial charge in [0.05, 0.1) is 34.4 Å². The maximum atomic E-state index is 12.9. The Morgan fingerprint density at radius 1 is 0.397 bits per heavy atom. The number of rotatable bonds is 61. The molecule has 78 heavy (non-hydrogen) atoms. The fourth-order valence-corrected chi connectivity index (χ4v) is 9.47. The standard InChI is InChI=1S/C69H125NO8/c1-6-8-10-12-14-16-18-20-22-24-26-27-28-29-30-31-32-33-34-35-36-37-38-39-40-41-42-44-46-48-50-52-54-56-58-60-67(72)78-65(64-77-69(68(73)74)75-62-61-70(3,4)5)63-76-66(71)59-57-55-53-51-49-47-45-43-25-23-21-19-17-15-13-11-9-7-2/h8,10,14,16,20,22-23,25-27,65,69H,6-7,9,11-13,15,17-19,21,24,28-64H2,1-5H3/p+1/b10-8-,16-14-,22-20-,25-23-,27-26-. The lowest BCUT2D eigenvalue weighted by Gasteiger charge is -2.25. The molecule has 1 N–H and O–H groups in total. The van der Waals surface area contributed by atoms with Gasteiger partial charge in [0.1, 0.15) is 13.2 Å².